The van der Waals surface area contributed by atoms with Gasteiger partial charge in [-0.05, 0) is 12.1 Å². The molecule has 14 heavy (non-hydrogen) atoms. The van der Waals surface area contributed by atoms with Gasteiger partial charge in [-0.1, -0.05) is 11.3 Å². The minimum Gasteiger partial charge on any atom is -0.300 e. The molecule has 0 unspecified atom stereocenters. The van der Waals surface area contributed by atoms with Crippen molar-refractivity contribution < 1.29 is 0 Å². The smallest absolute Gasteiger partial charge is 0.198 e. The van der Waals surface area contributed by atoms with Crippen molar-refractivity contribution in [3.63, 3.8) is 0 Å². The molecule has 0 aliphatic heterocycles. The zero-order valence-corrected chi connectivity index (χ0v) is 8.52. The van der Waals surface area contributed by atoms with Crippen LogP contribution in [0.4, 0.5) is 5.13 Å². The third-order valence-electron chi connectivity index (χ3n) is 1.89. The molecule has 3 aromatic rings. The number of benzene rings is 1. The van der Waals surface area contributed by atoms with E-state index in [0.717, 1.165) is 21.3 Å². The molecule has 70 valence electrons. The fourth-order valence-corrected chi connectivity index (χ4v) is 2.57. The van der Waals surface area contributed by atoms with Gasteiger partial charge in [-0.25, -0.2) is 10.8 Å². The molecule has 3 N–H and O–H groups in total. The van der Waals surface area contributed by atoms with Crippen molar-refractivity contribution in [1.82, 2.24) is 13.7 Å². The van der Waals surface area contributed by atoms with Gasteiger partial charge in [0.15, 0.2) is 5.13 Å². The zero-order valence-electron chi connectivity index (χ0n) is 6.89. The molecule has 5 nitrogen and oxygen atoms in total. The summed E-state index contributed by atoms with van der Waals surface area (Å²) in [7, 11) is 0. The highest BCUT2D eigenvalue weighted by Crippen LogP contribution is 2.28. The zero-order chi connectivity index (χ0) is 9.54. The van der Waals surface area contributed by atoms with Crippen molar-refractivity contribution in [2.75, 3.05) is 5.43 Å². The maximum Gasteiger partial charge on any atom is 0.198 e. The number of hydrazine groups is 1. The molecular weight excluding hydrogens is 218 g/mol. The van der Waals surface area contributed by atoms with Crippen molar-refractivity contribution >= 4 is 49.4 Å². The average molecular weight is 223 g/mol. The van der Waals surface area contributed by atoms with Crippen LogP contribution >= 0.6 is 23.1 Å². The predicted molar refractivity (Wildman–Crippen MR) is 58.4 cm³/mol. The highest BCUT2D eigenvalue weighted by molar-refractivity contribution is 7.22. The van der Waals surface area contributed by atoms with E-state index < -0.39 is 0 Å². The molecule has 0 spiro atoms. The highest BCUT2D eigenvalue weighted by atomic mass is 32.1. The Balaban J connectivity index is 2.40. The third kappa shape index (κ3) is 1.07. The van der Waals surface area contributed by atoms with Gasteiger partial charge in [0.25, 0.3) is 0 Å². The minimum atomic E-state index is 0.705. The molecule has 2 aromatic heterocycles. The molecule has 0 atom stereocenters. The molecule has 2 heterocycles. The average Bonchev–Trinajstić information content (AvgIpc) is 2.77. The van der Waals surface area contributed by atoms with Crippen LogP contribution in [-0.4, -0.2) is 13.7 Å². The maximum atomic E-state index is 5.28. The summed E-state index contributed by atoms with van der Waals surface area (Å²) in [6, 6.07) is 3.90. The van der Waals surface area contributed by atoms with Crippen LogP contribution in [0.25, 0.3) is 21.3 Å². The number of fused-ring (bicyclic) bond motifs is 2. The second-order valence-electron chi connectivity index (χ2n) is 2.74. The van der Waals surface area contributed by atoms with E-state index in [4.69, 9.17) is 5.84 Å². The van der Waals surface area contributed by atoms with Crippen LogP contribution in [0.5, 0.6) is 0 Å². The number of aromatic nitrogens is 3. The van der Waals surface area contributed by atoms with Gasteiger partial charge >= 0.3 is 0 Å². The van der Waals surface area contributed by atoms with E-state index in [1.165, 1.54) is 23.1 Å². The molecule has 0 aliphatic carbocycles. The molecule has 7 heteroatoms. The van der Waals surface area contributed by atoms with E-state index in [-0.39, 0.29) is 0 Å². The monoisotopic (exact) mass is 223 g/mol. The first-order chi connectivity index (χ1) is 6.86. The van der Waals surface area contributed by atoms with E-state index >= 15 is 0 Å². The van der Waals surface area contributed by atoms with Crippen molar-refractivity contribution in [1.29, 1.82) is 0 Å². The van der Waals surface area contributed by atoms with Gasteiger partial charge in [0.1, 0.15) is 11.0 Å². The first-order valence-electron chi connectivity index (χ1n) is 3.86. The summed E-state index contributed by atoms with van der Waals surface area (Å²) in [5, 5.41) is 0.705. The van der Waals surface area contributed by atoms with Gasteiger partial charge < -0.3 is 0 Å². The van der Waals surface area contributed by atoms with E-state index in [2.05, 4.69) is 19.2 Å². The van der Waals surface area contributed by atoms with Gasteiger partial charge in [0, 0.05) is 0 Å². The summed E-state index contributed by atoms with van der Waals surface area (Å²) in [4.78, 5) is 4.28. The van der Waals surface area contributed by atoms with Crippen molar-refractivity contribution in [3.8, 4) is 0 Å². The number of thiazole rings is 1. The van der Waals surface area contributed by atoms with Crippen molar-refractivity contribution in [2.45, 2.75) is 0 Å². The fraction of sp³-hybridized carbons (Fsp3) is 0. The summed E-state index contributed by atoms with van der Waals surface area (Å²) in [5.74, 6) is 5.28. The van der Waals surface area contributed by atoms with Crippen LogP contribution in [0, 0.1) is 0 Å². The largest absolute Gasteiger partial charge is 0.300 e. The lowest BCUT2D eigenvalue weighted by molar-refractivity contribution is 1.31. The number of nitrogen functional groups attached to an aromatic ring is 1. The molecule has 1 aromatic carbocycles. The topological polar surface area (TPSA) is 76.7 Å². The molecule has 0 aliphatic rings. The second kappa shape index (κ2) is 2.84. The molecule has 0 fully saturated rings. The predicted octanol–water partition coefficient (Wildman–Crippen LogP) is 1.59. The minimum absolute atomic E-state index is 0.705. The molecule has 0 bridgehead atoms. The third-order valence-corrected chi connectivity index (χ3v) is 3.39. The molecule has 0 saturated carbocycles. The number of anilines is 1. The summed E-state index contributed by atoms with van der Waals surface area (Å²) in [6.07, 6.45) is 0. The number of nitrogens with two attached hydrogens (primary N) is 1. The summed E-state index contributed by atoms with van der Waals surface area (Å²) >= 11 is 2.72. The molecule has 0 radical (unpaired) electrons. The molecule has 0 amide bonds. The Bertz CT molecular complexity index is 550. The Kier molecular flexibility index (Phi) is 1.63. The van der Waals surface area contributed by atoms with Crippen molar-refractivity contribution in [3.05, 3.63) is 12.1 Å². The Morgan fingerprint density at radius 1 is 1.14 bits per heavy atom. The van der Waals surface area contributed by atoms with Crippen LogP contribution < -0.4 is 11.3 Å². The number of nitrogens with zero attached hydrogens (tertiary/aromatic N) is 3. The first kappa shape index (κ1) is 8.04. The molecule has 0 saturated heterocycles. The van der Waals surface area contributed by atoms with Crippen LogP contribution in [-0.2, 0) is 0 Å². The van der Waals surface area contributed by atoms with E-state index in [1.807, 2.05) is 12.1 Å². The lowest BCUT2D eigenvalue weighted by atomic mass is 10.3. The quantitative estimate of drug-likeness (QED) is 0.484. The van der Waals surface area contributed by atoms with E-state index in [0.29, 0.717) is 5.13 Å². The van der Waals surface area contributed by atoms with Gasteiger partial charge in [-0.15, -0.1) is 0 Å². The van der Waals surface area contributed by atoms with Gasteiger partial charge in [-0.3, -0.25) is 5.43 Å². The summed E-state index contributed by atoms with van der Waals surface area (Å²) in [6.45, 7) is 0. The normalized spacial score (nSPS) is 11.2. The number of hydrogen-bond acceptors (Lipinski definition) is 7. The number of rotatable bonds is 1. The maximum absolute atomic E-state index is 5.28. The van der Waals surface area contributed by atoms with Gasteiger partial charge in [-0.2, -0.15) is 8.75 Å². The first-order valence-corrected chi connectivity index (χ1v) is 5.41. The SMILES string of the molecule is NNc1nc2cc3nsnc3cc2s1. The van der Waals surface area contributed by atoms with Crippen LogP contribution in [0.1, 0.15) is 0 Å². The van der Waals surface area contributed by atoms with Gasteiger partial charge in [0.2, 0.25) is 0 Å². The highest BCUT2D eigenvalue weighted by Gasteiger charge is 2.06. The Morgan fingerprint density at radius 3 is 2.71 bits per heavy atom. The Morgan fingerprint density at radius 2 is 1.93 bits per heavy atom. The van der Waals surface area contributed by atoms with Crippen LogP contribution in [0.15, 0.2) is 12.1 Å². The fourth-order valence-electron chi connectivity index (χ4n) is 1.27. The summed E-state index contributed by atoms with van der Waals surface area (Å²) < 4.78 is 9.38. The Hall–Kier alpha value is -1.31. The summed E-state index contributed by atoms with van der Waals surface area (Å²) in [5.41, 5.74) is 5.24. The lowest BCUT2D eigenvalue weighted by Gasteiger charge is -1.85. The van der Waals surface area contributed by atoms with Crippen LogP contribution in [0.3, 0.4) is 0 Å². The number of nitrogens with one attached hydrogen (secondary N) is 1. The number of hydrogen-bond donors (Lipinski definition) is 2. The van der Waals surface area contributed by atoms with Crippen LogP contribution in [0.2, 0.25) is 0 Å². The molecular formula is C7H5N5S2. The van der Waals surface area contributed by atoms with E-state index in [9.17, 15) is 0 Å². The van der Waals surface area contributed by atoms with E-state index in [1.54, 1.807) is 0 Å². The molecule has 3 rings (SSSR count). The standard InChI is InChI=1S/C7H5N5S2/c8-10-7-9-5-1-3-4(12-14-11-3)2-6(5)13-7/h1-2H,8H2,(H,9,10). The van der Waals surface area contributed by atoms with Crippen molar-refractivity contribution in [2.24, 2.45) is 5.84 Å². The second-order valence-corrected chi connectivity index (χ2v) is 4.30. The lowest BCUT2D eigenvalue weighted by Crippen LogP contribution is -2.05. The van der Waals surface area contributed by atoms with Gasteiger partial charge in [0.05, 0.1) is 21.9 Å². The Labute approximate surface area is 86.9 Å².